The van der Waals surface area contributed by atoms with E-state index in [9.17, 15) is 0 Å². The van der Waals surface area contributed by atoms with Crippen molar-refractivity contribution in [1.29, 1.82) is 0 Å². The number of allylic oxidation sites excluding steroid dienone is 3. The monoisotopic (exact) mass is 822 g/mol. The van der Waals surface area contributed by atoms with Crippen molar-refractivity contribution in [3.63, 3.8) is 0 Å². The van der Waals surface area contributed by atoms with E-state index in [1.807, 2.05) is 12.1 Å². The zero-order valence-corrected chi connectivity index (χ0v) is 36.0. The van der Waals surface area contributed by atoms with Crippen LogP contribution >= 0.6 is 0 Å². The van der Waals surface area contributed by atoms with Gasteiger partial charge in [0.05, 0.1) is 5.70 Å². The summed E-state index contributed by atoms with van der Waals surface area (Å²) in [4.78, 5) is 5.25. The van der Waals surface area contributed by atoms with Crippen LogP contribution in [-0.2, 0) is 11.8 Å². The van der Waals surface area contributed by atoms with Gasteiger partial charge < -0.3 is 9.73 Å². The lowest BCUT2D eigenvalue weighted by molar-refractivity contribution is 0.659. The van der Waals surface area contributed by atoms with Crippen molar-refractivity contribution in [2.45, 2.75) is 38.5 Å². The van der Waals surface area contributed by atoms with Crippen LogP contribution in [0.2, 0.25) is 0 Å². The maximum atomic E-state index is 6.76. The molecule has 0 atom stereocenters. The Bertz CT molecular complexity index is 3450. The molecule has 0 saturated heterocycles. The molecule has 0 bridgehead atoms. The molecule has 0 fully saturated rings. The standard InChI is InChI=1S/C61H46N2O/c1-61(2)54-28-12-11-25-49(54)52-38-51-45(37-55(52)61)36-44(46-23-9-10-24-48(46)51)33-39-31-32-58-53(34-39)50-27-16-26-47(59(50)64-58)42-21-15-22-43(35-42)57-30-14-13-29-56(40-17-5-3-6-18-40)62-60(63-57)41-19-7-4-8-20-41/h3-12,15-35,37-38H,13-14,36H2,1-2H3,(H,62,63)/b44-33-,56-29?,57-30?. The van der Waals surface area contributed by atoms with Crippen LogP contribution in [0.15, 0.2) is 204 Å². The fraction of sp³-hybridized carbons (Fsp3) is 0.0984. The second-order valence-corrected chi connectivity index (χ2v) is 17.8. The zero-order chi connectivity index (χ0) is 42.8. The van der Waals surface area contributed by atoms with Gasteiger partial charge in [-0.15, -0.1) is 0 Å². The van der Waals surface area contributed by atoms with Crippen molar-refractivity contribution in [3.05, 3.63) is 239 Å². The highest BCUT2D eigenvalue weighted by Crippen LogP contribution is 2.52. The highest BCUT2D eigenvalue weighted by Gasteiger charge is 2.37. The smallest absolute Gasteiger partial charge is 0.143 e. The number of aliphatic imine (C=N–C) groups is 1. The van der Waals surface area contributed by atoms with Crippen LogP contribution in [0.3, 0.4) is 0 Å². The van der Waals surface area contributed by atoms with Gasteiger partial charge in [0.1, 0.15) is 17.0 Å². The number of benzene rings is 8. The number of fused-ring (bicyclic) bond motifs is 9. The fourth-order valence-corrected chi connectivity index (χ4v) is 10.3. The lowest BCUT2D eigenvalue weighted by Crippen LogP contribution is -2.23. The Labute approximate surface area is 374 Å². The van der Waals surface area contributed by atoms with E-state index in [1.54, 1.807) is 0 Å². The Kier molecular flexibility index (Phi) is 9.05. The van der Waals surface area contributed by atoms with E-state index in [1.165, 1.54) is 55.6 Å². The maximum absolute atomic E-state index is 6.76. The third-order valence-corrected chi connectivity index (χ3v) is 13.6. The molecular weight excluding hydrogens is 777 g/mol. The predicted octanol–water partition coefficient (Wildman–Crippen LogP) is 15.5. The first-order valence-electron chi connectivity index (χ1n) is 22.5. The summed E-state index contributed by atoms with van der Waals surface area (Å²) in [5.41, 5.74) is 22.6. The van der Waals surface area contributed by atoms with Crippen LogP contribution in [-0.4, -0.2) is 5.84 Å². The number of hydrogen-bond acceptors (Lipinski definition) is 3. The van der Waals surface area contributed by atoms with E-state index in [-0.39, 0.29) is 5.41 Å². The average molecular weight is 823 g/mol. The van der Waals surface area contributed by atoms with Crippen LogP contribution in [0.5, 0.6) is 0 Å². The van der Waals surface area contributed by atoms with Gasteiger partial charge in [-0.1, -0.05) is 190 Å². The lowest BCUT2D eigenvalue weighted by atomic mass is 9.77. The van der Waals surface area contributed by atoms with Gasteiger partial charge in [0.15, 0.2) is 0 Å². The summed E-state index contributed by atoms with van der Waals surface area (Å²) in [6.07, 6.45) is 9.58. The minimum atomic E-state index is -0.0384. The van der Waals surface area contributed by atoms with Crippen LogP contribution in [0.1, 0.15) is 71.2 Å². The molecule has 64 heavy (non-hydrogen) atoms. The fourth-order valence-electron chi connectivity index (χ4n) is 10.3. The van der Waals surface area contributed by atoms with Crippen molar-refractivity contribution >= 4 is 50.8 Å². The number of furan rings is 1. The molecule has 3 aliphatic rings. The van der Waals surface area contributed by atoms with E-state index in [4.69, 9.17) is 9.41 Å². The van der Waals surface area contributed by atoms with Crippen molar-refractivity contribution in [2.75, 3.05) is 0 Å². The van der Waals surface area contributed by atoms with E-state index >= 15 is 0 Å². The quantitative estimate of drug-likeness (QED) is 0.188. The number of nitrogens with zero attached hydrogens (tertiary/aromatic N) is 1. The molecule has 0 radical (unpaired) electrons. The molecule has 306 valence electrons. The molecule has 0 spiro atoms. The largest absolute Gasteiger partial charge is 0.455 e. The summed E-state index contributed by atoms with van der Waals surface area (Å²) in [7, 11) is 0. The second-order valence-electron chi connectivity index (χ2n) is 17.8. The maximum Gasteiger partial charge on any atom is 0.143 e. The van der Waals surface area contributed by atoms with E-state index < -0.39 is 0 Å². The van der Waals surface area contributed by atoms with Crippen LogP contribution < -0.4 is 5.32 Å². The molecule has 2 aliphatic carbocycles. The van der Waals surface area contributed by atoms with Crippen LogP contribution in [0.25, 0.3) is 78.4 Å². The Morgan fingerprint density at radius 2 is 1.20 bits per heavy atom. The Morgan fingerprint density at radius 1 is 0.516 bits per heavy atom. The Balaban J connectivity index is 0.892. The predicted molar refractivity (Wildman–Crippen MR) is 268 cm³/mol. The average Bonchev–Trinajstić information content (AvgIpc) is 3.86. The molecule has 2 heterocycles. The van der Waals surface area contributed by atoms with Gasteiger partial charge in [-0.05, 0) is 116 Å². The second kappa shape index (κ2) is 15.3. The normalized spacial score (nSPS) is 15.7. The van der Waals surface area contributed by atoms with Gasteiger partial charge in [-0.25, -0.2) is 4.99 Å². The highest BCUT2D eigenvalue weighted by molar-refractivity contribution is 6.11. The lowest BCUT2D eigenvalue weighted by Gasteiger charge is -2.27. The van der Waals surface area contributed by atoms with Gasteiger partial charge in [0.2, 0.25) is 0 Å². The third kappa shape index (κ3) is 6.47. The van der Waals surface area contributed by atoms with E-state index in [2.05, 4.69) is 207 Å². The molecule has 3 heteroatoms. The molecule has 8 aromatic carbocycles. The van der Waals surface area contributed by atoms with Gasteiger partial charge in [0, 0.05) is 33.0 Å². The van der Waals surface area contributed by atoms with Crippen molar-refractivity contribution in [3.8, 4) is 33.4 Å². The van der Waals surface area contributed by atoms with Crippen molar-refractivity contribution in [2.24, 2.45) is 4.99 Å². The van der Waals surface area contributed by atoms with Gasteiger partial charge in [0.25, 0.3) is 0 Å². The van der Waals surface area contributed by atoms with Gasteiger partial charge in [-0.2, -0.15) is 0 Å². The topological polar surface area (TPSA) is 37.5 Å². The number of hydrogen-bond donors (Lipinski definition) is 1. The number of nitrogens with one attached hydrogen (secondary N) is 1. The molecule has 1 aromatic heterocycles. The highest BCUT2D eigenvalue weighted by atomic mass is 16.3. The molecular formula is C61H46N2O. The first-order chi connectivity index (χ1) is 31.5. The Morgan fingerprint density at radius 3 is 2.05 bits per heavy atom. The van der Waals surface area contributed by atoms with E-state index in [0.29, 0.717) is 0 Å². The Hall–Kier alpha value is -7.75. The first kappa shape index (κ1) is 38.0. The molecule has 1 aliphatic heterocycles. The molecule has 1 N–H and O–H groups in total. The molecule has 9 aromatic rings. The SMILES string of the molecule is CC1(C)c2ccccc2-c2cc3c(cc21)C/C(=C/c1ccc2oc4c(-c5cccc(C6=CCCC=C(c7ccccc7)N=C(c7ccccc7)N6)c5)cccc4c2c1)c1ccccc1-3. The van der Waals surface area contributed by atoms with Crippen molar-refractivity contribution in [1.82, 2.24) is 5.32 Å². The van der Waals surface area contributed by atoms with Gasteiger partial charge in [-0.3, -0.25) is 0 Å². The molecule has 0 amide bonds. The summed E-state index contributed by atoms with van der Waals surface area (Å²) in [5.74, 6) is 0.818. The minimum absolute atomic E-state index is 0.0384. The van der Waals surface area contributed by atoms with E-state index in [0.717, 1.165) is 86.2 Å². The number of rotatable bonds is 5. The van der Waals surface area contributed by atoms with Crippen molar-refractivity contribution < 1.29 is 4.42 Å². The molecule has 12 rings (SSSR count). The van der Waals surface area contributed by atoms with Crippen LogP contribution in [0, 0.1) is 0 Å². The summed E-state index contributed by atoms with van der Waals surface area (Å²) < 4.78 is 6.76. The molecule has 0 unspecified atom stereocenters. The summed E-state index contributed by atoms with van der Waals surface area (Å²) in [6.45, 7) is 4.74. The minimum Gasteiger partial charge on any atom is -0.455 e. The number of para-hydroxylation sites is 1. The molecule has 3 nitrogen and oxygen atoms in total. The van der Waals surface area contributed by atoms with Crippen LogP contribution in [0.4, 0.5) is 0 Å². The summed E-state index contributed by atoms with van der Waals surface area (Å²) >= 11 is 0. The summed E-state index contributed by atoms with van der Waals surface area (Å²) in [6, 6.07) is 65.7. The van der Waals surface area contributed by atoms with Gasteiger partial charge >= 0.3 is 0 Å². The third-order valence-electron chi connectivity index (χ3n) is 13.6. The zero-order valence-electron chi connectivity index (χ0n) is 36.0. The summed E-state index contributed by atoms with van der Waals surface area (Å²) in [5, 5.41) is 6.01. The molecule has 0 saturated carbocycles. The number of amidine groups is 1. The first-order valence-corrected chi connectivity index (χ1v) is 22.5.